The third-order valence-electron chi connectivity index (χ3n) is 4.30. The van der Waals surface area contributed by atoms with Crippen molar-refractivity contribution in [1.82, 2.24) is 10.3 Å². The maximum atomic E-state index is 12.4. The van der Waals surface area contributed by atoms with Crippen molar-refractivity contribution in [2.45, 2.75) is 44.6 Å². The first kappa shape index (κ1) is 16.4. The predicted octanol–water partition coefficient (Wildman–Crippen LogP) is 3.59. The second kappa shape index (κ2) is 8.39. The maximum Gasteiger partial charge on any atom is 0.256 e. The number of pyridine rings is 1. The molecule has 5 heteroatoms. The molecule has 1 amide bonds. The molecule has 1 atom stereocenters. The molecule has 1 aliphatic carbocycles. The lowest BCUT2D eigenvalue weighted by Gasteiger charge is -2.15. The van der Waals surface area contributed by atoms with Crippen molar-refractivity contribution in [2.75, 3.05) is 18.1 Å². The van der Waals surface area contributed by atoms with Crippen LogP contribution < -0.4 is 10.1 Å². The third kappa shape index (κ3) is 4.74. The van der Waals surface area contributed by atoms with E-state index in [1.165, 1.54) is 31.3 Å². The van der Waals surface area contributed by atoms with Gasteiger partial charge < -0.3 is 10.1 Å². The standard InChI is InChI=1S/C18H24N2O2S/c21-17(19-11-8-14-5-2-1-3-6-14)16-7-4-10-20-18(16)22-15-9-12-23-13-15/h4-5,7,10,15H,1-3,6,8-9,11-13H2,(H,19,21)/t15-/m1/s1. The summed E-state index contributed by atoms with van der Waals surface area (Å²) in [6.45, 7) is 0.679. The molecular weight excluding hydrogens is 308 g/mol. The molecule has 0 aromatic carbocycles. The number of carbonyl (C=O) groups excluding carboxylic acids is 1. The summed E-state index contributed by atoms with van der Waals surface area (Å²) < 4.78 is 5.92. The Hall–Kier alpha value is -1.49. The van der Waals surface area contributed by atoms with Crippen LogP contribution in [0.5, 0.6) is 5.88 Å². The van der Waals surface area contributed by atoms with Crippen molar-refractivity contribution in [3.63, 3.8) is 0 Å². The van der Waals surface area contributed by atoms with E-state index in [4.69, 9.17) is 4.74 Å². The molecule has 1 saturated heterocycles. The quantitative estimate of drug-likeness (QED) is 0.809. The second-order valence-electron chi connectivity index (χ2n) is 6.07. The van der Waals surface area contributed by atoms with Crippen LogP contribution in [0.15, 0.2) is 30.0 Å². The number of thioether (sulfide) groups is 1. The molecule has 1 aromatic heterocycles. The third-order valence-corrected chi connectivity index (χ3v) is 5.43. The van der Waals surface area contributed by atoms with E-state index in [2.05, 4.69) is 16.4 Å². The summed E-state index contributed by atoms with van der Waals surface area (Å²) in [4.78, 5) is 16.7. The Labute approximate surface area is 142 Å². The predicted molar refractivity (Wildman–Crippen MR) is 94.1 cm³/mol. The van der Waals surface area contributed by atoms with Gasteiger partial charge >= 0.3 is 0 Å². The van der Waals surface area contributed by atoms with E-state index in [0.29, 0.717) is 18.0 Å². The second-order valence-corrected chi connectivity index (χ2v) is 7.22. The molecule has 1 aliphatic heterocycles. The Kier molecular flexibility index (Phi) is 5.97. The van der Waals surface area contributed by atoms with Gasteiger partial charge in [0.05, 0.1) is 0 Å². The zero-order chi connectivity index (χ0) is 15.9. The van der Waals surface area contributed by atoms with Gasteiger partial charge in [-0.25, -0.2) is 4.98 Å². The topological polar surface area (TPSA) is 51.2 Å². The molecule has 2 heterocycles. The fourth-order valence-electron chi connectivity index (χ4n) is 2.98. The van der Waals surface area contributed by atoms with Gasteiger partial charge in [0.25, 0.3) is 5.91 Å². The maximum absolute atomic E-state index is 12.4. The summed E-state index contributed by atoms with van der Waals surface area (Å²) in [5.41, 5.74) is 2.02. The van der Waals surface area contributed by atoms with Crippen LogP contribution in [0.1, 0.15) is 48.9 Å². The highest BCUT2D eigenvalue weighted by Crippen LogP contribution is 2.24. The van der Waals surface area contributed by atoms with Crippen molar-refractivity contribution in [3.8, 4) is 5.88 Å². The number of aromatic nitrogens is 1. The van der Waals surface area contributed by atoms with Crippen molar-refractivity contribution < 1.29 is 9.53 Å². The van der Waals surface area contributed by atoms with E-state index in [9.17, 15) is 4.79 Å². The Morgan fingerprint density at radius 3 is 3.17 bits per heavy atom. The van der Waals surface area contributed by atoms with Crippen LogP contribution in [0, 0.1) is 0 Å². The first-order valence-corrected chi connectivity index (χ1v) is 9.64. The first-order valence-electron chi connectivity index (χ1n) is 8.48. The van der Waals surface area contributed by atoms with Crippen LogP contribution in [0.2, 0.25) is 0 Å². The molecule has 124 valence electrons. The normalized spacial score (nSPS) is 20.9. The minimum atomic E-state index is -0.0878. The zero-order valence-corrected chi connectivity index (χ0v) is 14.2. The first-order chi connectivity index (χ1) is 11.3. The number of nitrogens with one attached hydrogen (secondary N) is 1. The van der Waals surface area contributed by atoms with E-state index in [0.717, 1.165) is 24.3 Å². The number of allylic oxidation sites excluding steroid dienone is 1. The van der Waals surface area contributed by atoms with Gasteiger partial charge in [-0.3, -0.25) is 4.79 Å². The summed E-state index contributed by atoms with van der Waals surface area (Å²) in [5, 5.41) is 3.01. The number of hydrogen-bond donors (Lipinski definition) is 1. The molecule has 2 aliphatic rings. The highest BCUT2D eigenvalue weighted by molar-refractivity contribution is 7.99. The monoisotopic (exact) mass is 332 g/mol. The Morgan fingerprint density at radius 1 is 1.43 bits per heavy atom. The molecule has 0 spiro atoms. The fourth-order valence-corrected chi connectivity index (χ4v) is 4.08. The van der Waals surface area contributed by atoms with Crippen LogP contribution >= 0.6 is 11.8 Å². The van der Waals surface area contributed by atoms with Crippen LogP contribution in [0.25, 0.3) is 0 Å². The average Bonchev–Trinajstić information content (AvgIpc) is 3.09. The number of carbonyl (C=O) groups is 1. The number of rotatable bonds is 6. The number of hydrogen-bond acceptors (Lipinski definition) is 4. The molecule has 0 unspecified atom stereocenters. The van der Waals surface area contributed by atoms with Gasteiger partial charge in [0.1, 0.15) is 11.7 Å². The largest absolute Gasteiger partial charge is 0.473 e. The van der Waals surface area contributed by atoms with Crippen LogP contribution in [-0.4, -0.2) is 35.0 Å². The zero-order valence-electron chi connectivity index (χ0n) is 13.4. The Bertz CT molecular complexity index is 568. The van der Waals surface area contributed by atoms with Crippen LogP contribution in [-0.2, 0) is 0 Å². The van der Waals surface area contributed by atoms with Gasteiger partial charge in [0, 0.05) is 18.5 Å². The summed E-state index contributed by atoms with van der Waals surface area (Å²) in [7, 11) is 0. The molecule has 23 heavy (non-hydrogen) atoms. The van der Waals surface area contributed by atoms with Crippen molar-refractivity contribution in [2.24, 2.45) is 0 Å². The smallest absolute Gasteiger partial charge is 0.256 e. The number of amides is 1. The lowest BCUT2D eigenvalue weighted by molar-refractivity contribution is 0.0946. The lowest BCUT2D eigenvalue weighted by Crippen LogP contribution is -2.27. The molecule has 4 nitrogen and oxygen atoms in total. The minimum Gasteiger partial charge on any atom is -0.473 e. The van der Waals surface area contributed by atoms with Crippen molar-refractivity contribution >= 4 is 17.7 Å². The van der Waals surface area contributed by atoms with Crippen molar-refractivity contribution in [3.05, 3.63) is 35.5 Å². The molecule has 3 rings (SSSR count). The van der Waals surface area contributed by atoms with Gasteiger partial charge in [-0.2, -0.15) is 11.8 Å². The minimum absolute atomic E-state index is 0.0878. The molecule has 0 saturated carbocycles. The van der Waals surface area contributed by atoms with Gasteiger partial charge in [-0.05, 0) is 56.4 Å². The molecule has 1 N–H and O–H groups in total. The summed E-state index contributed by atoms with van der Waals surface area (Å²) in [5.74, 6) is 2.48. The van der Waals surface area contributed by atoms with Gasteiger partial charge in [-0.15, -0.1) is 0 Å². The average molecular weight is 332 g/mol. The summed E-state index contributed by atoms with van der Waals surface area (Å²) in [6.07, 6.45) is 11.1. The molecule has 0 radical (unpaired) electrons. The lowest BCUT2D eigenvalue weighted by atomic mass is 9.97. The highest BCUT2D eigenvalue weighted by atomic mass is 32.2. The van der Waals surface area contributed by atoms with Gasteiger partial charge in [0.2, 0.25) is 5.88 Å². The van der Waals surface area contributed by atoms with E-state index in [1.807, 2.05) is 11.8 Å². The van der Waals surface area contributed by atoms with Gasteiger partial charge in [-0.1, -0.05) is 11.6 Å². The van der Waals surface area contributed by atoms with E-state index in [-0.39, 0.29) is 12.0 Å². The Morgan fingerprint density at radius 2 is 2.39 bits per heavy atom. The Balaban J connectivity index is 1.54. The number of ether oxygens (including phenoxy) is 1. The molecule has 1 aromatic rings. The van der Waals surface area contributed by atoms with Crippen molar-refractivity contribution in [1.29, 1.82) is 0 Å². The highest BCUT2D eigenvalue weighted by Gasteiger charge is 2.21. The van der Waals surface area contributed by atoms with Crippen LogP contribution in [0.4, 0.5) is 0 Å². The van der Waals surface area contributed by atoms with Gasteiger partial charge in [0.15, 0.2) is 0 Å². The summed E-state index contributed by atoms with van der Waals surface area (Å²) in [6, 6.07) is 3.58. The molecule has 1 fully saturated rings. The molecular formula is C18H24N2O2S. The van der Waals surface area contributed by atoms with E-state index >= 15 is 0 Å². The SMILES string of the molecule is O=C(NCCC1=CCCCC1)c1cccnc1O[C@@H]1CCSC1. The molecule has 0 bridgehead atoms. The van der Waals surface area contributed by atoms with Crippen LogP contribution in [0.3, 0.4) is 0 Å². The fraction of sp³-hybridized carbons (Fsp3) is 0.556. The number of nitrogens with zero attached hydrogens (tertiary/aromatic N) is 1. The van der Waals surface area contributed by atoms with E-state index < -0.39 is 0 Å². The van der Waals surface area contributed by atoms with E-state index in [1.54, 1.807) is 18.3 Å². The summed E-state index contributed by atoms with van der Waals surface area (Å²) >= 11 is 1.89.